The van der Waals surface area contributed by atoms with Crippen molar-refractivity contribution in [3.05, 3.63) is 5.28 Å². The predicted octanol–water partition coefficient (Wildman–Crippen LogP) is 3.10. The minimum absolute atomic E-state index is 0.248. The first kappa shape index (κ1) is 13.5. The fourth-order valence-electron chi connectivity index (χ4n) is 0.968. The average molecular weight is 261 g/mol. The van der Waals surface area contributed by atoms with Crippen LogP contribution in [0.4, 0.5) is 5.95 Å². The van der Waals surface area contributed by atoms with Crippen molar-refractivity contribution in [1.29, 1.82) is 0 Å². The van der Waals surface area contributed by atoms with Crippen LogP contribution in [0.1, 0.15) is 27.2 Å². The number of hydrogen-bond donors (Lipinski definition) is 1. The first-order chi connectivity index (χ1) is 7.65. The van der Waals surface area contributed by atoms with Crippen LogP contribution in [0.3, 0.4) is 0 Å². The van der Waals surface area contributed by atoms with Crippen LogP contribution >= 0.6 is 23.4 Å². The van der Waals surface area contributed by atoms with E-state index in [1.165, 1.54) is 0 Å². The Hall–Kier alpha value is -0.550. The highest BCUT2D eigenvalue weighted by Gasteiger charge is 2.06. The molecule has 1 atom stereocenters. The smallest absolute Gasteiger partial charge is 0.228 e. The van der Waals surface area contributed by atoms with Crippen LogP contribution in [0, 0.1) is 5.92 Å². The summed E-state index contributed by atoms with van der Waals surface area (Å²) >= 11 is 7.44. The second-order valence-corrected chi connectivity index (χ2v) is 4.89. The molecule has 90 valence electrons. The lowest BCUT2D eigenvalue weighted by Gasteiger charge is -2.07. The summed E-state index contributed by atoms with van der Waals surface area (Å²) in [4.78, 5) is 12.4. The Kier molecular flexibility index (Phi) is 5.84. The number of nitrogens with one attached hydrogen (secondary N) is 1. The van der Waals surface area contributed by atoms with Gasteiger partial charge < -0.3 is 5.32 Å². The van der Waals surface area contributed by atoms with Gasteiger partial charge in [-0.25, -0.2) is 0 Å². The van der Waals surface area contributed by atoms with Gasteiger partial charge in [-0.15, -0.1) is 0 Å². The zero-order chi connectivity index (χ0) is 12.0. The van der Waals surface area contributed by atoms with Crippen molar-refractivity contribution in [2.75, 3.05) is 17.6 Å². The minimum Gasteiger partial charge on any atom is -0.354 e. The minimum atomic E-state index is 0.248. The molecule has 0 saturated heterocycles. The Labute approximate surface area is 106 Å². The number of thioether (sulfide) groups is 1. The third-order valence-electron chi connectivity index (χ3n) is 2.12. The van der Waals surface area contributed by atoms with E-state index < -0.39 is 0 Å². The van der Waals surface area contributed by atoms with Crippen molar-refractivity contribution < 1.29 is 0 Å². The third-order valence-corrected chi connectivity index (χ3v) is 3.46. The predicted molar refractivity (Wildman–Crippen MR) is 69.2 cm³/mol. The highest BCUT2D eigenvalue weighted by atomic mass is 35.5. The van der Waals surface area contributed by atoms with Gasteiger partial charge in [-0.3, -0.25) is 0 Å². The van der Waals surface area contributed by atoms with Crippen molar-refractivity contribution in [3.8, 4) is 0 Å². The summed E-state index contributed by atoms with van der Waals surface area (Å²) in [6.07, 6.45) is 1.16. The molecule has 0 saturated carbocycles. The number of anilines is 1. The molecule has 0 spiro atoms. The van der Waals surface area contributed by atoms with E-state index in [2.05, 4.69) is 34.1 Å². The van der Waals surface area contributed by atoms with E-state index in [1.54, 1.807) is 11.8 Å². The third kappa shape index (κ3) is 4.53. The summed E-state index contributed by atoms with van der Waals surface area (Å²) in [6, 6.07) is 0. The number of rotatable bonds is 6. The van der Waals surface area contributed by atoms with Crippen molar-refractivity contribution in [2.45, 2.75) is 32.3 Å². The maximum Gasteiger partial charge on any atom is 0.228 e. The van der Waals surface area contributed by atoms with E-state index in [0.717, 1.165) is 18.7 Å². The normalized spacial score (nSPS) is 12.5. The molecule has 6 heteroatoms. The summed E-state index contributed by atoms with van der Waals surface area (Å²) in [6.45, 7) is 7.15. The zero-order valence-electron chi connectivity index (χ0n) is 9.83. The quantitative estimate of drug-likeness (QED) is 0.797. The molecule has 1 rings (SSSR count). The maximum atomic E-state index is 5.82. The zero-order valence-corrected chi connectivity index (χ0v) is 11.4. The second-order valence-electron chi connectivity index (χ2n) is 3.57. The fourth-order valence-corrected chi connectivity index (χ4v) is 2.15. The lowest BCUT2D eigenvalue weighted by Crippen LogP contribution is -2.05. The van der Waals surface area contributed by atoms with Crippen molar-refractivity contribution in [2.24, 2.45) is 5.92 Å². The molecule has 0 radical (unpaired) electrons. The summed E-state index contributed by atoms with van der Waals surface area (Å²) in [5.41, 5.74) is 0. The molecule has 16 heavy (non-hydrogen) atoms. The number of aromatic nitrogens is 3. The fraction of sp³-hybridized carbons (Fsp3) is 0.700. The molecular weight excluding hydrogens is 244 g/mol. The van der Waals surface area contributed by atoms with Gasteiger partial charge in [0, 0.05) is 12.3 Å². The first-order valence-corrected chi connectivity index (χ1v) is 6.80. The largest absolute Gasteiger partial charge is 0.354 e. The monoisotopic (exact) mass is 260 g/mol. The van der Waals surface area contributed by atoms with Gasteiger partial charge in [0.15, 0.2) is 5.16 Å². The first-order valence-electron chi connectivity index (χ1n) is 5.44. The Bertz CT molecular complexity index is 335. The van der Waals surface area contributed by atoms with E-state index in [9.17, 15) is 0 Å². The Morgan fingerprint density at radius 1 is 1.31 bits per heavy atom. The van der Waals surface area contributed by atoms with Crippen molar-refractivity contribution in [1.82, 2.24) is 15.0 Å². The summed E-state index contributed by atoms with van der Waals surface area (Å²) in [5, 5.41) is 3.97. The highest BCUT2D eigenvalue weighted by Crippen LogP contribution is 2.20. The molecule has 4 nitrogen and oxygen atoms in total. The van der Waals surface area contributed by atoms with Crippen LogP contribution in [0.5, 0.6) is 0 Å². The number of hydrogen-bond acceptors (Lipinski definition) is 5. The number of halogens is 1. The average Bonchev–Trinajstić information content (AvgIpc) is 2.25. The van der Waals surface area contributed by atoms with Crippen LogP contribution in [-0.4, -0.2) is 27.2 Å². The SMILES string of the molecule is CCNc1nc(Cl)nc(SCC(C)CC)n1. The Morgan fingerprint density at radius 2 is 2.06 bits per heavy atom. The van der Waals surface area contributed by atoms with Gasteiger partial charge in [0.1, 0.15) is 0 Å². The molecule has 1 aromatic heterocycles. The standard InChI is InChI=1S/C10H17ClN4S/c1-4-7(3)6-16-10-14-8(11)13-9(15-10)12-5-2/h7H,4-6H2,1-3H3,(H,12,13,14,15). The Balaban J connectivity index is 2.64. The van der Waals surface area contributed by atoms with Crippen molar-refractivity contribution in [3.63, 3.8) is 0 Å². The molecule has 1 heterocycles. The van der Waals surface area contributed by atoms with Crippen LogP contribution in [-0.2, 0) is 0 Å². The van der Waals surface area contributed by atoms with E-state index in [-0.39, 0.29) is 5.28 Å². The number of nitrogens with zero attached hydrogens (tertiary/aromatic N) is 3. The van der Waals surface area contributed by atoms with Gasteiger partial charge in [-0.1, -0.05) is 32.0 Å². The van der Waals surface area contributed by atoms with Gasteiger partial charge >= 0.3 is 0 Å². The van der Waals surface area contributed by atoms with Crippen LogP contribution < -0.4 is 5.32 Å². The summed E-state index contributed by atoms with van der Waals surface area (Å²) in [5.74, 6) is 2.21. The second kappa shape index (κ2) is 6.91. The molecule has 1 N–H and O–H groups in total. The van der Waals surface area contributed by atoms with E-state index >= 15 is 0 Å². The van der Waals surface area contributed by atoms with Crippen LogP contribution in [0.25, 0.3) is 0 Å². The molecule has 0 amide bonds. The topological polar surface area (TPSA) is 50.7 Å². The maximum absolute atomic E-state index is 5.82. The van der Waals surface area contributed by atoms with Gasteiger partial charge in [0.2, 0.25) is 11.2 Å². The summed E-state index contributed by atoms with van der Waals surface area (Å²) < 4.78 is 0. The molecule has 1 unspecified atom stereocenters. The molecule has 0 aliphatic heterocycles. The molecule has 1 aromatic rings. The van der Waals surface area contributed by atoms with Crippen LogP contribution in [0.2, 0.25) is 5.28 Å². The van der Waals surface area contributed by atoms with E-state index in [0.29, 0.717) is 17.0 Å². The van der Waals surface area contributed by atoms with E-state index in [1.807, 2.05) is 6.92 Å². The molecule has 0 aliphatic carbocycles. The van der Waals surface area contributed by atoms with Gasteiger partial charge in [-0.2, -0.15) is 15.0 Å². The molecule has 0 bridgehead atoms. The lowest BCUT2D eigenvalue weighted by molar-refractivity contribution is 0.636. The molecule has 0 aliphatic rings. The van der Waals surface area contributed by atoms with Gasteiger partial charge in [0.25, 0.3) is 0 Å². The lowest BCUT2D eigenvalue weighted by atomic mass is 10.2. The molecular formula is C10H17ClN4S. The van der Waals surface area contributed by atoms with Crippen molar-refractivity contribution >= 4 is 29.3 Å². The van der Waals surface area contributed by atoms with Gasteiger partial charge in [-0.05, 0) is 24.4 Å². The molecule has 0 aromatic carbocycles. The van der Waals surface area contributed by atoms with Crippen LogP contribution in [0.15, 0.2) is 5.16 Å². The highest BCUT2D eigenvalue weighted by molar-refractivity contribution is 7.99. The Morgan fingerprint density at radius 3 is 2.69 bits per heavy atom. The summed E-state index contributed by atoms with van der Waals surface area (Å²) in [7, 11) is 0. The van der Waals surface area contributed by atoms with E-state index in [4.69, 9.17) is 11.6 Å². The van der Waals surface area contributed by atoms with Gasteiger partial charge in [0.05, 0.1) is 0 Å². The molecule has 0 fully saturated rings.